The molecular weight excluding hydrogens is 691 g/mol. The number of hydrogen-bond acceptors (Lipinski definition) is 0. The Morgan fingerprint density at radius 3 is 1.49 bits per heavy atom. The second-order valence-corrected chi connectivity index (χ2v) is 13.5. The van der Waals surface area contributed by atoms with Crippen LogP contribution in [-0.4, -0.2) is 13.7 Å². The maximum absolute atomic E-state index is 10.2. The number of benzene rings is 9. The predicted molar refractivity (Wildman–Crippen MR) is 240 cm³/mol. The van der Waals surface area contributed by atoms with Gasteiger partial charge in [-0.1, -0.05) is 133 Å². The van der Waals surface area contributed by atoms with Crippen molar-refractivity contribution in [1.29, 1.82) is 0 Å². The first-order valence-electron chi connectivity index (χ1n) is 27.5. The molecule has 0 aliphatic heterocycles. The molecule has 0 unspecified atom stereocenters. The first-order chi connectivity index (χ1) is 36.2. The Labute approximate surface area is 356 Å². The van der Waals surface area contributed by atoms with Crippen molar-refractivity contribution in [2.75, 3.05) is 0 Å². The molecule has 0 spiro atoms. The summed E-state index contributed by atoms with van der Waals surface area (Å²) in [6, 6.07) is 16.7. The monoisotopic (exact) mass is 744 g/mol. The molecule has 12 rings (SSSR count). The molecule has 0 saturated heterocycles. The second-order valence-electron chi connectivity index (χ2n) is 13.5. The van der Waals surface area contributed by atoms with E-state index < -0.39 is 108 Å². The van der Waals surface area contributed by atoms with Crippen molar-refractivity contribution < 1.29 is 26.0 Å². The van der Waals surface area contributed by atoms with E-state index in [9.17, 15) is 13.7 Å². The van der Waals surface area contributed by atoms with Crippen LogP contribution >= 0.6 is 0 Å². The van der Waals surface area contributed by atoms with Crippen LogP contribution in [0, 0.1) is 0 Å². The van der Waals surface area contributed by atoms with Crippen LogP contribution in [0.5, 0.6) is 0 Å². The number of hydrogen-bond donors (Lipinski definition) is 0. The van der Waals surface area contributed by atoms with Gasteiger partial charge in [-0.2, -0.15) is 0 Å². The molecule has 9 aromatic carbocycles. The Hall–Kier alpha value is -7.62. The molecule has 0 radical (unpaired) electrons. The molecule has 0 aliphatic rings. The third kappa shape index (κ3) is 4.79. The predicted octanol–water partition coefficient (Wildman–Crippen LogP) is 14.3. The highest BCUT2D eigenvalue weighted by molar-refractivity contribution is 6.26. The van der Waals surface area contributed by atoms with Gasteiger partial charge in [0.25, 0.3) is 0 Å². The van der Waals surface area contributed by atoms with Crippen LogP contribution in [0.4, 0.5) is 0 Å². The van der Waals surface area contributed by atoms with Gasteiger partial charge in [-0.3, -0.25) is 0 Å². The molecule has 0 amide bonds. The molecule has 0 saturated carbocycles. The van der Waals surface area contributed by atoms with E-state index in [2.05, 4.69) is 0 Å². The Morgan fingerprint density at radius 1 is 0.316 bits per heavy atom. The second kappa shape index (κ2) is 12.5. The van der Waals surface area contributed by atoms with Crippen LogP contribution in [0.25, 0.3) is 105 Å². The zero-order chi connectivity index (χ0) is 54.0. The highest BCUT2D eigenvalue weighted by Gasteiger charge is 2.22. The molecule has 12 aromatic rings. The zero-order valence-corrected chi connectivity index (χ0v) is 29.6. The van der Waals surface area contributed by atoms with Gasteiger partial charge in [0.15, 0.2) is 0 Å². The lowest BCUT2D eigenvalue weighted by atomic mass is 10.00. The molecule has 3 nitrogen and oxygen atoms in total. The van der Waals surface area contributed by atoms with Gasteiger partial charge in [-0.25, -0.2) is 0 Å². The topological polar surface area (TPSA) is 14.8 Å². The maximum atomic E-state index is 10.2. The molecule has 3 heteroatoms. The van der Waals surface area contributed by atoms with E-state index in [-0.39, 0.29) is 89.2 Å². The summed E-state index contributed by atoms with van der Waals surface area (Å²) in [5.74, 6) is 0. The van der Waals surface area contributed by atoms with Gasteiger partial charge < -0.3 is 13.7 Å². The fraction of sp³-hybridized carbons (Fsp3) is 0. The van der Waals surface area contributed by atoms with Gasteiger partial charge in [0.05, 0.1) is 59.1 Å². The van der Waals surface area contributed by atoms with Crippen molar-refractivity contribution in [3.05, 3.63) is 212 Å². The summed E-state index contributed by atoms with van der Waals surface area (Å²) < 4.78 is 180. The Bertz CT molecular complexity index is 4600. The summed E-state index contributed by atoms with van der Waals surface area (Å²) in [5, 5.41) is -0.818. The summed E-state index contributed by atoms with van der Waals surface area (Å²) in [6.07, 6.45) is 0. The normalized spacial score (nSPS) is 16.5. The molecule has 266 valence electrons. The molecule has 0 aliphatic carbocycles. The lowest BCUT2D eigenvalue weighted by Crippen LogP contribution is -1.96. The molecule has 3 heterocycles. The van der Waals surface area contributed by atoms with Gasteiger partial charge in [-0.05, 0) is 101 Å². The molecule has 0 atom stereocenters. The Kier molecular flexibility index (Phi) is 4.01. The lowest BCUT2D eigenvalue weighted by molar-refractivity contribution is 1.17. The van der Waals surface area contributed by atoms with Gasteiger partial charge >= 0.3 is 0 Å². The van der Waals surface area contributed by atoms with Crippen molar-refractivity contribution in [2.24, 2.45) is 0 Å². The van der Waals surface area contributed by atoms with Gasteiger partial charge in [0, 0.05) is 49.4 Å². The van der Waals surface area contributed by atoms with Gasteiger partial charge in [0.2, 0.25) is 0 Å². The van der Waals surface area contributed by atoms with E-state index in [0.29, 0.717) is 22.5 Å². The number of rotatable bonds is 5. The summed E-state index contributed by atoms with van der Waals surface area (Å²) in [7, 11) is 0. The van der Waals surface area contributed by atoms with Crippen LogP contribution in [0.1, 0.15) is 26.0 Å². The summed E-state index contributed by atoms with van der Waals surface area (Å²) in [4.78, 5) is 0. The zero-order valence-electron chi connectivity index (χ0n) is 48.6. The van der Waals surface area contributed by atoms with E-state index in [1.807, 2.05) is 0 Å². The average Bonchev–Trinajstić information content (AvgIpc) is 4.23. The van der Waals surface area contributed by atoms with Crippen LogP contribution in [0.2, 0.25) is 0 Å². The number of aromatic nitrogens is 3. The minimum absolute atomic E-state index is 0.0145. The standard InChI is InChI=1S/C54H35N3/c1-4-15-36(16-5-1)37-17-14-22-42(33-37)57-51-31-28-39(38-27-30-50-46(34-38)43-23-10-12-25-48(43)55(50)40-18-6-2-7-19-40)35-47(51)44-29-32-52-53(54(44)57)45-24-11-13-26-49(45)56(52)41-20-8-3-9-21-41/h1-35H/i1D,2D,3D,10D,11D,12D,13D,23D,24D,25D,26D,27D,28D,29D,30D,31D,32D,34D,35D. The SMILES string of the molecule is [2H]c1ccc(-c2cccc(-n3c4c([2H])c([2H])c(-c5c([2H])c([2H])c6c(c5[2H])c5c([2H])c([2H])c([2H])c([2H])c5n6-c5ccc([2H])cc5)c([2H])c4c4c([2H])c([2H])c5c(c6c([2H])c([2H])c([2H])c([2H])c6n5-c5ccc([2H])cc5)c43)c2)cc1. The van der Waals surface area contributed by atoms with Crippen molar-refractivity contribution in [3.8, 4) is 39.3 Å². The largest absolute Gasteiger partial charge is 0.309 e. The van der Waals surface area contributed by atoms with E-state index in [4.69, 9.17) is 12.3 Å². The molecule has 0 fully saturated rings. The van der Waals surface area contributed by atoms with E-state index in [1.54, 1.807) is 60.7 Å². The average molecular weight is 745 g/mol. The number of fused-ring (bicyclic) bond motifs is 10. The Morgan fingerprint density at radius 2 is 0.807 bits per heavy atom. The van der Waals surface area contributed by atoms with Gasteiger partial charge in [-0.15, -0.1) is 0 Å². The fourth-order valence-corrected chi connectivity index (χ4v) is 7.91. The minimum Gasteiger partial charge on any atom is -0.309 e. The van der Waals surface area contributed by atoms with Crippen LogP contribution < -0.4 is 0 Å². The Balaban J connectivity index is 1.31. The third-order valence-electron chi connectivity index (χ3n) is 10.4. The van der Waals surface area contributed by atoms with Gasteiger partial charge in [0.1, 0.15) is 0 Å². The number of nitrogens with zero attached hydrogens (tertiary/aromatic N) is 3. The van der Waals surface area contributed by atoms with Crippen molar-refractivity contribution in [2.45, 2.75) is 0 Å². The summed E-state index contributed by atoms with van der Waals surface area (Å²) in [6.45, 7) is 0. The van der Waals surface area contributed by atoms with Crippen LogP contribution in [0.15, 0.2) is 212 Å². The van der Waals surface area contributed by atoms with Crippen LogP contribution in [-0.2, 0) is 0 Å². The van der Waals surface area contributed by atoms with E-state index in [0.717, 1.165) is 0 Å². The van der Waals surface area contributed by atoms with Crippen molar-refractivity contribution >= 4 is 65.4 Å². The maximum Gasteiger partial charge on any atom is 0.0645 e. The highest BCUT2D eigenvalue weighted by atomic mass is 15.0. The number of para-hydroxylation sites is 4. The van der Waals surface area contributed by atoms with Crippen molar-refractivity contribution in [1.82, 2.24) is 13.7 Å². The lowest BCUT2D eigenvalue weighted by Gasteiger charge is -2.12. The van der Waals surface area contributed by atoms with E-state index in [1.165, 1.54) is 50.1 Å². The minimum atomic E-state index is -0.699. The quantitative estimate of drug-likeness (QED) is 0.167. The summed E-state index contributed by atoms with van der Waals surface area (Å²) in [5.41, 5.74) is 0.598. The fourth-order valence-electron chi connectivity index (χ4n) is 7.91. The molecule has 3 aromatic heterocycles. The van der Waals surface area contributed by atoms with Crippen molar-refractivity contribution in [3.63, 3.8) is 0 Å². The molecule has 0 bridgehead atoms. The first-order valence-corrected chi connectivity index (χ1v) is 18.0. The molecule has 0 N–H and O–H groups in total. The van der Waals surface area contributed by atoms with E-state index >= 15 is 0 Å². The van der Waals surface area contributed by atoms with Crippen LogP contribution in [0.3, 0.4) is 0 Å². The molecular formula is C54H35N3. The molecule has 57 heavy (non-hydrogen) atoms. The first kappa shape index (κ1) is 18.3. The third-order valence-corrected chi connectivity index (χ3v) is 10.4. The smallest absolute Gasteiger partial charge is 0.0645 e. The summed E-state index contributed by atoms with van der Waals surface area (Å²) >= 11 is 0. The highest BCUT2D eigenvalue weighted by Crippen LogP contribution is 2.44.